The second kappa shape index (κ2) is 17.9. The third-order valence-corrected chi connectivity index (χ3v) is 8.88. The van der Waals surface area contributed by atoms with Gasteiger partial charge < -0.3 is 14.4 Å². The highest BCUT2D eigenvalue weighted by Gasteiger charge is 2.31. The summed E-state index contributed by atoms with van der Waals surface area (Å²) in [7, 11) is 4.02. The molecule has 0 spiro atoms. The van der Waals surface area contributed by atoms with Gasteiger partial charge in [0.25, 0.3) is 0 Å². The van der Waals surface area contributed by atoms with Crippen molar-refractivity contribution in [3.63, 3.8) is 0 Å². The molecule has 0 unspecified atom stereocenters. The predicted octanol–water partition coefficient (Wildman–Crippen LogP) is 8.92. The first-order valence-electron chi connectivity index (χ1n) is 16.2. The van der Waals surface area contributed by atoms with Gasteiger partial charge in [-0.1, -0.05) is 52.4 Å². The van der Waals surface area contributed by atoms with Crippen molar-refractivity contribution in [1.82, 2.24) is 4.98 Å². The fourth-order valence-electron chi connectivity index (χ4n) is 6.16. The summed E-state index contributed by atoms with van der Waals surface area (Å²) >= 11 is 0. The fraction of sp³-hybridized carbons (Fsp3) is 0.629. The van der Waals surface area contributed by atoms with Gasteiger partial charge in [0.1, 0.15) is 0 Å². The number of carbonyl (C=O) groups excluding carboxylic acids is 2. The van der Waals surface area contributed by atoms with Crippen LogP contribution in [0.2, 0.25) is 0 Å². The summed E-state index contributed by atoms with van der Waals surface area (Å²) in [6.07, 6.45) is 17.4. The van der Waals surface area contributed by atoms with E-state index in [-0.39, 0.29) is 11.8 Å². The molecule has 1 heterocycles. The molecule has 0 aliphatic heterocycles. The SMILES string of the molecule is CCCCC[C@H]1CC[C@H](C(=O)Oc2ccc(OC(=O)[C@H]3CC[C@H](CCC)CC3)c(F)c2F)CC1.CN(C)c1ccncc1. The van der Waals surface area contributed by atoms with Gasteiger partial charge in [-0.05, 0) is 87.5 Å². The Balaban J connectivity index is 0.000000480. The smallest absolute Gasteiger partial charge is 0.314 e. The van der Waals surface area contributed by atoms with Gasteiger partial charge in [0.2, 0.25) is 11.6 Å². The summed E-state index contributed by atoms with van der Waals surface area (Å²) in [5.74, 6) is -3.83. The fourth-order valence-corrected chi connectivity index (χ4v) is 6.16. The van der Waals surface area contributed by atoms with Crippen molar-refractivity contribution in [1.29, 1.82) is 0 Å². The molecular formula is C35H50F2N2O4. The summed E-state index contributed by atoms with van der Waals surface area (Å²) in [6.45, 7) is 4.34. The lowest BCUT2D eigenvalue weighted by Gasteiger charge is -2.27. The van der Waals surface area contributed by atoms with Crippen LogP contribution in [0.1, 0.15) is 104 Å². The number of nitrogens with zero attached hydrogens (tertiary/aromatic N) is 2. The standard InChI is InChI=1S/C28H40F2O4.C7H10N2/c1-3-5-6-8-20-11-15-22(16-12-20)28(32)34-24-18-17-23(25(29)26(24)30)33-27(31)21-13-9-19(7-4-2)10-14-21;1-9(2)7-3-5-8-6-4-7/h17-22H,3-16H2,1-2H3;3-6H,1-2H3/t19-,20-,21-,22-;. The van der Waals surface area contributed by atoms with Crippen molar-refractivity contribution < 1.29 is 27.8 Å². The Labute approximate surface area is 256 Å². The number of aromatic nitrogens is 1. The van der Waals surface area contributed by atoms with Crippen molar-refractivity contribution in [2.24, 2.45) is 23.7 Å². The second-order valence-corrected chi connectivity index (χ2v) is 12.4. The molecule has 0 bridgehead atoms. The van der Waals surface area contributed by atoms with E-state index in [1.807, 2.05) is 31.1 Å². The van der Waals surface area contributed by atoms with Crippen molar-refractivity contribution in [2.45, 2.75) is 104 Å². The number of ether oxygens (including phenoxy) is 2. The lowest BCUT2D eigenvalue weighted by molar-refractivity contribution is -0.141. The molecule has 8 heteroatoms. The zero-order chi connectivity index (χ0) is 31.2. The van der Waals surface area contributed by atoms with Gasteiger partial charge in [0, 0.05) is 32.2 Å². The molecule has 1 aromatic heterocycles. The summed E-state index contributed by atoms with van der Waals surface area (Å²) in [5, 5.41) is 0. The number of benzene rings is 1. The highest BCUT2D eigenvalue weighted by Crippen LogP contribution is 2.36. The summed E-state index contributed by atoms with van der Waals surface area (Å²) in [5.41, 5.74) is 1.19. The Hall–Kier alpha value is -3.03. The van der Waals surface area contributed by atoms with Gasteiger partial charge in [-0.3, -0.25) is 14.6 Å². The van der Waals surface area contributed by atoms with Crippen LogP contribution in [-0.2, 0) is 9.59 Å². The molecule has 0 amide bonds. The molecule has 0 radical (unpaired) electrons. The second-order valence-electron chi connectivity index (χ2n) is 12.4. The maximum Gasteiger partial charge on any atom is 0.314 e. The molecule has 0 N–H and O–H groups in total. The van der Waals surface area contributed by atoms with E-state index in [1.54, 1.807) is 12.4 Å². The molecule has 2 aliphatic carbocycles. The van der Waals surface area contributed by atoms with E-state index < -0.39 is 35.1 Å². The van der Waals surface area contributed by atoms with E-state index in [1.165, 1.54) is 43.5 Å². The molecular weight excluding hydrogens is 550 g/mol. The average molecular weight is 601 g/mol. The molecule has 2 aromatic rings. The van der Waals surface area contributed by atoms with Gasteiger partial charge in [0.15, 0.2) is 11.5 Å². The zero-order valence-corrected chi connectivity index (χ0v) is 26.5. The third kappa shape index (κ3) is 10.9. The van der Waals surface area contributed by atoms with Gasteiger partial charge >= 0.3 is 11.9 Å². The molecule has 2 saturated carbocycles. The van der Waals surface area contributed by atoms with Crippen LogP contribution < -0.4 is 14.4 Å². The first kappa shape index (κ1) is 34.5. The van der Waals surface area contributed by atoms with Crippen LogP contribution in [0.5, 0.6) is 11.5 Å². The van der Waals surface area contributed by atoms with Crippen molar-refractivity contribution in [2.75, 3.05) is 19.0 Å². The number of unbranched alkanes of at least 4 members (excludes halogenated alkanes) is 2. The normalized spacial score (nSPS) is 21.7. The van der Waals surface area contributed by atoms with Crippen LogP contribution in [0.4, 0.5) is 14.5 Å². The lowest BCUT2D eigenvalue weighted by atomic mass is 9.80. The molecule has 43 heavy (non-hydrogen) atoms. The summed E-state index contributed by atoms with van der Waals surface area (Å²) in [6, 6.07) is 6.29. The molecule has 6 nitrogen and oxygen atoms in total. The van der Waals surface area contributed by atoms with Crippen LogP contribution in [0.25, 0.3) is 0 Å². The molecule has 0 saturated heterocycles. The minimum atomic E-state index is -1.29. The number of rotatable bonds is 11. The largest absolute Gasteiger partial charge is 0.423 e. The lowest BCUT2D eigenvalue weighted by Crippen LogP contribution is -2.26. The number of carbonyl (C=O) groups is 2. The van der Waals surface area contributed by atoms with Crippen LogP contribution in [0.15, 0.2) is 36.7 Å². The molecule has 2 aliphatic rings. The van der Waals surface area contributed by atoms with Crippen LogP contribution >= 0.6 is 0 Å². The molecule has 4 rings (SSSR count). The number of esters is 2. The van der Waals surface area contributed by atoms with E-state index in [0.29, 0.717) is 24.7 Å². The summed E-state index contributed by atoms with van der Waals surface area (Å²) in [4.78, 5) is 31.0. The van der Waals surface area contributed by atoms with Gasteiger partial charge in [0.05, 0.1) is 11.8 Å². The van der Waals surface area contributed by atoms with Crippen LogP contribution in [-0.4, -0.2) is 31.0 Å². The predicted molar refractivity (Wildman–Crippen MR) is 166 cm³/mol. The van der Waals surface area contributed by atoms with E-state index >= 15 is 0 Å². The molecule has 1 aromatic carbocycles. The monoisotopic (exact) mass is 600 g/mol. The number of halogens is 2. The van der Waals surface area contributed by atoms with Crippen molar-refractivity contribution >= 4 is 17.6 Å². The Morgan fingerprint density at radius 2 is 1.19 bits per heavy atom. The quantitative estimate of drug-likeness (QED) is 0.146. The van der Waals surface area contributed by atoms with Crippen molar-refractivity contribution in [3.05, 3.63) is 48.3 Å². The first-order valence-corrected chi connectivity index (χ1v) is 16.2. The van der Waals surface area contributed by atoms with Crippen molar-refractivity contribution in [3.8, 4) is 11.5 Å². The minimum absolute atomic E-state index is 0.287. The van der Waals surface area contributed by atoms with E-state index in [2.05, 4.69) is 18.8 Å². The Bertz CT molecular complexity index is 1130. The first-order chi connectivity index (χ1) is 20.7. The van der Waals surface area contributed by atoms with Gasteiger partial charge in [-0.2, -0.15) is 8.78 Å². The van der Waals surface area contributed by atoms with Gasteiger partial charge in [-0.25, -0.2) is 0 Å². The Kier molecular flexibility index (Phi) is 14.4. The summed E-state index contributed by atoms with van der Waals surface area (Å²) < 4.78 is 39.6. The van der Waals surface area contributed by atoms with E-state index in [0.717, 1.165) is 51.4 Å². The number of pyridine rings is 1. The maximum atomic E-state index is 14.6. The van der Waals surface area contributed by atoms with E-state index in [4.69, 9.17) is 9.47 Å². The maximum absolute atomic E-state index is 14.6. The number of hydrogen-bond acceptors (Lipinski definition) is 6. The molecule has 0 atom stereocenters. The third-order valence-electron chi connectivity index (χ3n) is 8.88. The van der Waals surface area contributed by atoms with Crippen LogP contribution in [0.3, 0.4) is 0 Å². The van der Waals surface area contributed by atoms with Gasteiger partial charge in [-0.15, -0.1) is 0 Å². The molecule has 238 valence electrons. The zero-order valence-electron chi connectivity index (χ0n) is 26.5. The number of anilines is 1. The van der Waals surface area contributed by atoms with E-state index in [9.17, 15) is 18.4 Å². The highest BCUT2D eigenvalue weighted by atomic mass is 19.2. The Morgan fingerprint density at radius 1 is 0.721 bits per heavy atom. The molecule has 2 fully saturated rings. The highest BCUT2D eigenvalue weighted by molar-refractivity contribution is 5.76. The Morgan fingerprint density at radius 3 is 1.58 bits per heavy atom. The topological polar surface area (TPSA) is 68.7 Å². The minimum Gasteiger partial charge on any atom is -0.423 e. The number of hydrogen-bond donors (Lipinski definition) is 0. The van der Waals surface area contributed by atoms with Crippen LogP contribution in [0, 0.1) is 35.3 Å². The average Bonchev–Trinajstić information content (AvgIpc) is 3.02.